The second-order valence-electron chi connectivity index (χ2n) is 5.67. The lowest BCUT2D eigenvalue weighted by Gasteiger charge is -2.28. The van der Waals surface area contributed by atoms with Gasteiger partial charge in [0.2, 0.25) is 11.0 Å². The quantitative estimate of drug-likeness (QED) is 0.819. The predicted molar refractivity (Wildman–Crippen MR) is 76.3 cm³/mol. The van der Waals surface area contributed by atoms with E-state index in [4.69, 9.17) is 5.11 Å². The van der Waals surface area contributed by atoms with E-state index in [9.17, 15) is 4.79 Å². The molecule has 0 spiro atoms. The number of nitrogens with one attached hydrogen (secondary N) is 1. The fraction of sp³-hybridized carbons (Fsp3) is 0.750. The van der Waals surface area contributed by atoms with Gasteiger partial charge in [-0.05, 0) is 12.3 Å². The van der Waals surface area contributed by atoms with Crippen LogP contribution in [0, 0.1) is 12.3 Å². The van der Waals surface area contributed by atoms with Gasteiger partial charge < -0.3 is 5.11 Å². The van der Waals surface area contributed by atoms with Crippen LogP contribution in [-0.4, -0.2) is 52.4 Å². The van der Waals surface area contributed by atoms with Gasteiger partial charge in [0.15, 0.2) is 0 Å². The molecule has 1 aromatic rings. The van der Waals surface area contributed by atoms with Crippen LogP contribution in [0.5, 0.6) is 0 Å². The molecule has 19 heavy (non-hydrogen) atoms. The molecule has 0 aliphatic heterocycles. The summed E-state index contributed by atoms with van der Waals surface area (Å²) in [5.41, 5.74) is 0.0782. The van der Waals surface area contributed by atoms with Gasteiger partial charge in [0.05, 0.1) is 13.2 Å². The zero-order valence-electron chi connectivity index (χ0n) is 11.9. The number of carbonyl (C=O) groups is 1. The second-order valence-corrected chi connectivity index (χ2v) is 6.85. The van der Waals surface area contributed by atoms with Crippen LogP contribution in [0.4, 0.5) is 5.13 Å². The largest absolute Gasteiger partial charge is 0.395 e. The third kappa shape index (κ3) is 6.60. The molecule has 6 nitrogen and oxygen atoms in total. The minimum atomic E-state index is -0.131. The van der Waals surface area contributed by atoms with Crippen LogP contribution in [0.1, 0.15) is 25.8 Å². The summed E-state index contributed by atoms with van der Waals surface area (Å²) in [7, 11) is 0. The number of anilines is 1. The van der Waals surface area contributed by atoms with Crippen LogP contribution in [0.25, 0.3) is 0 Å². The minimum Gasteiger partial charge on any atom is -0.395 e. The Balaban J connectivity index is 2.51. The highest BCUT2D eigenvalue weighted by Crippen LogP contribution is 2.16. The molecule has 7 heteroatoms. The molecule has 1 rings (SSSR count). The number of nitrogens with zero attached hydrogens (tertiary/aromatic N) is 3. The number of aromatic nitrogens is 2. The molecule has 0 aliphatic carbocycles. The predicted octanol–water partition coefficient (Wildman–Crippen LogP) is 1.13. The lowest BCUT2D eigenvalue weighted by Crippen LogP contribution is -2.40. The molecule has 0 bridgehead atoms. The van der Waals surface area contributed by atoms with Gasteiger partial charge >= 0.3 is 0 Å². The van der Waals surface area contributed by atoms with E-state index in [2.05, 4.69) is 36.3 Å². The van der Waals surface area contributed by atoms with E-state index >= 15 is 0 Å². The summed E-state index contributed by atoms with van der Waals surface area (Å²) >= 11 is 1.35. The summed E-state index contributed by atoms with van der Waals surface area (Å²) in [6, 6.07) is 0. The number of hydrogen-bond donors (Lipinski definition) is 2. The Bertz CT molecular complexity index is 414. The van der Waals surface area contributed by atoms with Gasteiger partial charge in [0, 0.05) is 13.1 Å². The molecule has 1 heterocycles. The van der Waals surface area contributed by atoms with Gasteiger partial charge in [-0.2, -0.15) is 0 Å². The summed E-state index contributed by atoms with van der Waals surface area (Å²) in [5, 5.41) is 20.8. The smallest absolute Gasteiger partial charge is 0.240 e. The lowest BCUT2D eigenvalue weighted by molar-refractivity contribution is -0.117. The molecular formula is C12H22N4O2S. The third-order valence-corrected chi connectivity index (χ3v) is 3.01. The fourth-order valence-corrected chi connectivity index (χ4v) is 2.34. The van der Waals surface area contributed by atoms with E-state index < -0.39 is 0 Å². The standard InChI is InChI=1S/C12H22N4O2S/c1-9-14-15-11(19-9)13-10(18)7-16(5-6-17)8-12(2,3)4/h17H,5-8H2,1-4H3,(H,13,15,18). The van der Waals surface area contributed by atoms with E-state index in [-0.39, 0.29) is 24.5 Å². The Labute approximate surface area is 117 Å². The highest BCUT2D eigenvalue weighted by molar-refractivity contribution is 7.15. The zero-order chi connectivity index (χ0) is 14.5. The van der Waals surface area contributed by atoms with Gasteiger partial charge in [-0.15, -0.1) is 10.2 Å². The van der Waals surface area contributed by atoms with Crippen molar-refractivity contribution in [1.82, 2.24) is 15.1 Å². The average Bonchev–Trinajstić information content (AvgIpc) is 2.61. The third-order valence-electron chi connectivity index (χ3n) is 2.25. The van der Waals surface area contributed by atoms with Crippen molar-refractivity contribution in [3.8, 4) is 0 Å². The molecule has 0 atom stereocenters. The molecule has 108 valence electrons. The average molecular weight is 286 g/mol. The zero-order valence-corrected chi connectivity index (χ0v) is 12.8. The first-order valence-electron chi connectivity index (χ1n) is 6.23. The normalized spacial score (nSPS) is 11.9. The van der Waals surface area contributed by atoms with Crippen molar-refractivity contribution in [3.63, 3.8) is 0 Å². The minimum absolute atomic E-state index is 0.0429. The van der Waals surface area contributed by atoms with Crippen molar-refractivity contribution in [2.75, 3.05) is 31.6 Å². The van der Waals surface area contributed by atoms with Crippen LogP contribution in [0.3, 0.4) is 0 Å². The van der Waals surface area contributed by atoms with E-state index in [0.717, 1.165) is 11.6 Å². The van der Waals surface area contributed by atoms with E-state index in [1.54, 1.807) is 0 Å². The van der Waals surface area contributed by atoms with E-state index in [1.807, 2.05) is 11.8 Å². The maximum Gasteiger partial charge on any atom is 0.240 e. The Morgan fingerprint density at radius 3 is 2.58 bits per heavy atom. The van der Waals surface area contributed by atoms with Crippen LogP contribution in [0.15, 0.2) is 0 Å². The SMILES string of the molecule is Cc1nnc(NC(=O)CN(CCO)CC(C)(C)C)s1. The van der Waals surface area contributed by atoms with Crippen molar-refractivity contribution in [2.45, 2.75) is 27.7 Å². The number of amides is 1. The molecule has 0 fully saturated rings. The maximum absolute atomic E-state index is 11.9. The number of aryl methyl sites for hydroxylation is 1. The monoisotopic (exact) mass is 286 g/mol. The molecule has 0 saturated carbocycles. The molecule has 2 N–H and O–H groups in total. The van der Waals surface area contributed by atoms with Gasteiger partial charge in [-0.25, -0.2) is 0 Å². The molecule has 0 aliphatic rings. The maximum atomic E-state index is 11.9. The summed E-state index contributed by atoms with van der Waals surface area (Å²) in [5.74, 6) is -0.131. The van der Waals surface area contributed by atoms with Crippen LogP contribution >= 0.6 is 11.3 Å². The summed E-state index contributed by atoms with van der Waals surface area (Å²) < 4.78 is 0. The van der Waals surface area contributed by atoms with Crippen LogP contribution in [0.2, 0.25) is 0 Å². The number of hydrogen-bond acceptors (Lipinski definition) is 6. The summed E-state index contributed by atoms with van der Waals surface area (Å²) in [4.78, 5) is 13.8. The Morgan fingerprint density at radius 2 is 2.11 bits per heavy atom. The highest BCUT2D eigenvalue weighted by Gasteiger charge is 2.19. The van der Waals surface area contributed by atoms with Gasteiger partial charge in [0.1, 0.15) is 5.01 Å². The van der Waals surface area contributed by atoms with Crippen LogP contribution < -0.4 is 5.32 Å². The van der Waals surface area contributed by atoms with Crippen molar-refractivity contribution in [1.29, 1.82) is 0 Å². The summed E-state index contributed by atoms with van der Waals surface area (Å²) in [6.07, 6.45) is 0. The number of carbonyl (C=O) groups excluding carboxylic acids is 1. The van der Waals surface area contributed by atoms with Gasteiger partial charge in [-0.1, -0.05) is 32.1 Å². The van der Waals surface area contributed by atoms with Gasteiger partial charge in [-0.3, -0.25) is 15.0 Å². The first-order valence-corrected chi connectivity index (χ1v) is 7.05. The Kier molecular flexibility index (Phi) is 5.84. The van der Waals surface area contributed by atoms with Crippen molar-refractivity contribution < 1.29 is 9.90 Å². The molecule has 0 aromatic carbocycles. The lowest BCUT2D eigenvalue weighted by atomic mass is 9.96. The molecule has 0 unspecified atom stereocenters. The van der Waals surface area contributed by atoms with E-state index in [0.29, 0.717) is 11.7 Å². The van der Waals surface area contributed by atoms with Gasteiger partial charge in [0.25, 0.3) is 0 Å². The highest BCUT2D eigenvalue weighted by atomic mass is 32.1. The first kappa shape index (κ1) is 16.0. The van der Waals surface area contributed by atoms with Crippen molar-refractivity contribution >= 4 is 22.4 Å². The van der Waals surface area contributed by atoms with Crippen molar-refractivity contribution in [2.24, 2.45) is 5.41 Å². The number of aliphatic hydroxyl groups is 1. The Hall–Kier alpha value is -1.05. The Morgan fingerprint density at radius 1 is 1.42 bits per heavy atom. The summed E-state index contributed by atoms with van der Waals surface area (Å²) in [6.45, 7) is 9.66. The second kappa shape index (κ2) is 6.93. The fourth-order valence-electron chi connectivity index (χ4n) is 1.74. The molecule has 1 amide bonds. The van der Waals surface area contributed by atoms with E-state index in [1.165, 1.54) is 11.3 Å². The van der Waals surface area contributed by atoms with Crippen LogP contribution in [-0.2, 0) is 4.79 Å². The number of aliphatic hydroxyl groups excluding tert-OH is 1. The molecule has 0 saturated heterocycles. The van der Waals surface area contributed by atoms with Crippen molar-refractivity contribution in [3.05, 3.63) is 5.01 Å². The molecular weight excluding hydrogens is 264 g/mol. The topological polar surface area (TPSA) is 78.4 Å². The molecule has 1 aromatic heterocycles. The first-order chi connectivity index (χ1) is 8.80. The molecule has 0 radical (unpaired) electrons. The number of rotatable bonds is 6.